The number of hydrogen-bond acceptors (Lipinski definition) is 5. The number of amides is 1. The fourth-order valence-corrected chi connectivity index (χ4v) is 2.46. The monoisotopic (exact) mass is 308 g/mol. The minimum atomic E-state index is -0.118. The first-order valence-corrected chi connectivity index (χ1v) is 7.97. The second kappa shape index (κ2) is 7.11. The Morgan fingerprint density at radius 3 is 2.95 bits per heavy atom. The number of carbonyl (C=O) groups is 1. The Balaban J connectivity index is 1.47. The maximum atomic E-state index is 12.3. The van der Waals surface area contributed by atoms with E-state index in [2.05, 4.69) is 15.3 Å². The molecule has 0 unspecified atom stereocenters. The Labute approximate surface area is 130 Å². The summed E-state index contributed by atoms with van der Waals surface area (Å²) in [6.07, 6.45) is 4.15. The van der Waals surface area contributed by atoms with Gasteiger partial charge in [-0.3, -0.25) is 14.4 Å². The largest absolute Gasteiger partial charge is 0.476 e. The first-order chi connectivity index (χ1) is 10.7. The van der Waals surface area contributed by atoms with Gasteiger partial charge in [0.15, 0.2) is 0 Å². The maximum Gasteiger partial charge on any atom is 0.258 e. The van der Waals surface area contributed by atoms with E-state index in [4.69, 9.17) is 9.47 Å². The van der Waals surface area contributed by atoms with Crippen molar-refractivity contribution in [2.24, 2.45) is 13.0 Å². The Morgan fingerprint density at radius 1 is 1.45 bits per heavy atom. The molecule has 0 spiro atoms. The highest BCUT2D eigenvalue weighted by molar-refractivity contribution is 5.96. The molecule has 1 amide bonds. The zero-order chi connectivity index (χ0) is 15.4. The van der Waals surface area contributed by atoms with Gasteiger partial charge >= 0.3 is 0 Å². The van der Waals surface area contributed by atoms with Gasteiger partial charge in [0, 0.05) is 39.4 Å². The molecular weight excluding hydrogens is 284 g/mol. The van der Waals surface area contributed by atoms with Crippen molar-refractivity contribution >= 4 is 5.91 Å². The number of nitrogens with zero attached hydrogens (tertiary/aromatic N) is 3. The molecule has 2 heterocycles. The van der Waals surface area contributed by atoms with Crippen LogP contribution < -0.4 is 10.1 Å². The molecule has 0 aromatic carbocycles. The molecule has 1 saturated carbocycles. The van der Waals surface area contributed by atoms with Gasteiger partial charge in [-0.1, -0.05) is 0 Å². The third-order valence-electron chi connectivity index (χ3n) is 4.01. The summed E-state index contributed by atoms with van der Waals surface area (Å²) in [4.78, 5) is 14.6. The van der Waals surface area contributed by atoms with Crippen LogP contribution in [0.3, 0.4) is 0 Å². The van der Waals surface area contributed by atoms with Crippen molar-refractivity contribution < 1.29 is 14.3 Å². The average molecular weight is 308 g/mol. The van der Waals surface area contributed by atoms with E-state index < -0.39 is 0 Å². The van der Waals surface area contributed by atoms with Crippen molar-refractivity contribution in [3.63, 3.8) is 0 Å². The van der Waals surface area contributed by atoms with Gasteiger partial charge in [0.1, 0.15) is 5.56 Å². The van der Waals surface area contributed by atoms with Gasteiger partial charge in [-0.25, -0.2) is 0 Å². The van der Waals surface area contributed by atoms with E-state index in [-0.39, 0.29) is 5.91 Å². The molecule has 122 valence electrons. The van der Waals surface area contributed by atoms with Gasteiger partial charge in [-0.15, -0.1) is 5.10 Å². The lowest BCUT2D eigenvalue weighted by Crippen LogP contribution is -2.41. The predicted octanol–water partition coefficient (Wildman–Crippen LogP) is 0.271. The predicted molar refractivity (Wildman–Crippen MR) is 81.0 cm³/mol. The first-order valence-electron chi connectivity index (χ1n) is 7.97. The molecule has 7 nitrogen and oxygen atoms in total. The number of ether oxygens (including phenoxy) is 2. The summed E-state index contributed by atoms with van der Waals surface area (Å²) in [6, 6.07) is 0. The topological polar surface area (TPSA) is 68.6 Å². The van der Waals surface area contributed by atoms with Gasteiger partial charge in [0.2, 0.25) is 5.88 Å². The summed E-state index contributed by atoms with van der Waals surface area (Å²) in [7, 11) is 1.80. The zero-order valence-corrected chi connectivity index (χ0v) is 13.1. The smallest absolute Gasteiger partial charge is 0.258 e. The fraction of sp³-hybridized carbons (Fsp3) is 0.733. The van der Waals surface area contributed by atoms with E-state index in [0.717, 1.165) is 32.8 Å². The van der Waals surface area contributed by atoms with Crippen LogP contribution in [0.1, 0.15) is 23.2 Å². The van der Waals surface area contributed by atoms with Gasteiger partial charge in [0.05, 0.1) is 19.8 Å². The number of hydrogen-bond donors (Lipinski definition) is 1. The lowest BCUT2D eigenvalue weighted by molar-refractivity contribution is 0.0383. The average Bonchev–Trinajstić information content (AvgIpc) is 3.28. The van der Waals surface area contributed by atoms with E-state index in [0.29, 0.717) is 30.5 Å². The third kappa shape index (κ3) is 4.20. The second-order valence-electron chi connectivity index (χ2n) is 5.99. The van der Waals surface area contributed by atoms with Gasteiger partial charge < -0.3 is 14.8 Å². The lowest BCUT2D eigenvalue weighted by atomic mass is 10.3. The normalized spacial score (nSPS) is 19.1. The molecule has 1 aromatic heterocycles. The Morgan fingerprint density at radius 2 is 2.23 bits per heavy atom. The van der Waals surface area contributed by atoms with Crippen LogP contribution >= 0.6 is 0 Å². The van der Waals surface area contributed by atoms with Gasteiger partial charge in [-0.2, -0.15) is 0 Å². The van der Waals surface area contributed by atoms with Gasteiger partial charge in [-0.05, 0) is 18.8 Å². The molecule has 0 bridgehead atoms. The summed E-state index contributed by atoms with van der Waals surface area (Å²) in [5.41, 5.74) is 0.519. The summed E-state index contributed by atoms with van der Waals surface area (Å²) < 4.78 is 12.6. The third-order valence-corrected chi connectivity index (χ3v) is 4.01. The van der Waals surface area contributed by atoms with Crippen molar-refractivity contribution in [3.8, 4) is 5.88 Å². The molecule has 22 heavy (non-hydrogen) atoms. The van der Waals surface area contributed by atoms with Crippen LogP contribution in [-0.4, -0.2) is 66.6 Å². The molecule has 7 heteroatoms. The fourth-order valence-electron chi connectivity index (χ4n) is 2.46. The SMILES string of the molecule is Cn1cc(C(=O)NCCN2CCOCC2)c(OCC2CC2)n1. The van der Waals surface area contributed by atoms with E-state index in [1.54, 1.807) is 17.9 Å². The minimum Gasteiger partial charge on any atom is -0.476 e. The van der Waals surface area contributed by atoms with E-state index in [1.165, 1.54) is 12.8 Å². The first kappa shape index (κ1) is 15.3. The van der Waals surface area contributed by atoms with Crippen LogP contribution in [0.25, 0.3) is 0 Å². The van der Waals surface area contributed by atoms with Crippen molar-refractivity contribution in [2.45, 2.75) is 12.8 Å². The van der Waals surface area contributed by atoms with Crippen molar-refractivity contribution in [1.29, 1.82) is 0 Å². The molecule has 1 aliphatic heterocycles. The summed E-state index contributed by atoms with van der Waals surface area (Å²) in [5, 5.41) is 7.18. The van der Waals surface area contributed by atoms with Crippen LogP contribution in [0.4, 0.5) is 0 Å². The molecule has 0 radical (unpaired) electrons. The maximum absolute atomic E-state index is 12.3. The summed E-state index contributed by atoms with van der Waals surface area (Å²) >= 11 is 0. The molecular formula is C15H24N4O3. The van der Waals surface area contributed by atoms with Crippen LogP contribution in [0.15, 0.2) is 6.20 Å². The second-order valence-corrected chi connectivity index (χ2v) is 5.99. The molecule has 1 aliphatic carbocycles. The Bertz CT molecular complexity index is 507. The number of nitrogens with one attached hydrogen (secondary N) is 1. The summed E-state index contributed by atoms with van der Waals surface area (Å²) in [5.74, 6) is 0.963. The number of aryl methyl sites for hydroxylation is 1. The number of morpholine rings is 1. The quantitative estimate of drug-likeness (QED) is 0.783. The standard InChI is InChI=1S/C15H24N4O3/c1-18-10-13(15(17-18)22-11-12-2-3-12)14(20)16-4-5-19-6-8-21-9-7-19/h10,12H,2-9,11H2,1H3,(H,16,20). The zero-order valence-electron chi connectivity index (χ0n) is 13.1. The Kier molecular flexibility index (Phi) is 4.94. The lowest BCUT2D eigenvalue weighted by Gasteiger charge is -2.26. The highest BCUT2D eigenvalue weighted by Gasteiger charge is 2.24. The van der Waals surface area contributed by atoms with Crippen molar-refractivity contribution in [2.75, 3.05) is 46.0 Å². The molecule has 2 aliphatic rings. The minimum absolute atomic E-state index is 0.118. The van der Waals surface area contributed by atoms with Crippen molar-refractivity contribution in [3.05, 3.63) is 11.8 Å². The van der Waals surface area contributed by atoms with Crippen LogP contribution in [-0.2, 0) is 11.8 Å². The number of aromatic nitrogens is 2. The molecule has 3 rings (SSSR count). The molecule has 1 saturated heterocycles. The van der Waals surface area contributed by atoms with Crippen LogP contribution in [0.5, 0.6) is 5.88 Å². The number of rotatable bonds is 7. The highest BCUT2D eigenvalue weighted by Crippen LogP contribution is 2.29. The highest BCUT2D eigenvalue weighted by atomic mass is 16.5. The van der Waals surface area contributed by atoms with Gasteiger partial charge in [0.25, 0.3) is 5.91 Å². The van der Waals surface area contributed by atoms with Crippen LogP contribution in [0, 0.1) is 5.92 Å². The summed E-state index contributed by atoms with van der Waals surface area (Å²) in [6.45, 7) is 5.52. The van der Waals surface area contributed by atoms with E-state index in [9.17, 15) is 4.79 Å². The van der Waals surface area contributed by atoms with Crippen molar-refractivity contribution in [1.82, 2.24) is 20.0 Å². The molecule has 0 atom stereocenters. The van der Waals surface area contributed by atoms with E-state index >= 15 is 0 Å². The van der Waals surface area contributed by atoms with E-state index in [1.807, 2.05) is 0 Å². The Hall–Kier alpha value is -1.60. The molecule has 1 N–H and O–H groups in total. The van der Waals surface area contributed by atoms with Crippen LogP contribution in [0.2, 0.25) is 0 Å². The molecule has 1 aromatic rings. The molecule has 2 fully saturated rings. The number of carbonyl (C=O) groups excluding carboxylic acids is 1.